The lowest BCUT2D eigenvalue weighted by Crippen LogP contribution is -2.40. The Bertz CT molecular complexity index is 934. The number of aromatic nitrogens is 2. The summed E-state index contributed by atoms with van der Waals surface area (Å²) in [5, 5.41) is 2.08. The molecule has 1 fully saturated rings. The van der Waals surface area contributed by atoms with Crippen molar-refractivity contribution in [1.29, 1.82) is 0 Å². The van der Waals surface area contributed by atoms with Crippen molar-refractivity contribution in [3.63, 3.8) is 0 Å². The zero-order valence-corrected chi connectivity index (χ0v) is 15.5. The molecule has 0 radical (unpaired) electrons. The summed E-state index contributed by atoms with van der Waals surface area (Å²) >= 11 is 1.75. The van der Waals surface area contributed by atoms with Crippen LogP contribution < -0.4 is 5.69 Å². The molecule has 0 spiro atoms. The Kier molecular flexibility index (Phi) is 4.93. The summed E-state index contributed by atoms with van der Waals surface area (Å²) < 4.78 is 1.87. The van der Waals surface area contributed by atoms with Gasteiger partial charge in [0.05, 0.1) is 11.0 Å². The summed E-state index contributed by atoms with van der Waals surface area (Å²) in [6.07, 6.45) is 4.15. The van der Waals surface area contributed by atoms with Crippen LogP contribution in [0.2, 0.25) is 0 Å². The standard InChI is InChI=1S/C20H23N3O2S/c24-19(9-3-5-16-6-4-14-26-16)22-12-10-15(11-13-22)23-18-8-2-1-7-17(18)21-20(23)25/h1-2,4,6-8,14-15H,3,5,9-13H2,(H,21,25). The molecule has 1 saturated heterocycles. The van der Waals surface area contributed by atoms with Crippen LogP contribution in [0.5, 0.6) is 0 Å². The van der Waals surface area contributed by atoms with Gasteiger partial charge in [-0.2, -0.15) is 0 Å². The first kappa shape index (κ1) is 17.1. The van der Waals surface area contributed by atoms with Crippen LogP contribution in [-0.2, 0) is 11.2 Å². The number of nitrogens with zero attached hydrogens (tertiary/aromatic N) is 2. The molecule has 1 aromatic carbocycles. The van der Waals surface area contributed by atoms with E-state index in [1.807, 2.05) is 33.7 Å². The van der Waals surface area contributed by atoms with Gasteiger partial charge in [-0.05, 0) is 49.3 Å². The zero-order chi connectivity index (χ0) is 17.9. The van der Waals surface area contributed by atoms with Crippen molar-refractivity contribution in [2.45, 2.75) is 38.1 Å². The fourth-order valence-corrected chi connectivity index (χ4v) is 4.59. The lowest BCUT2D eigenvalue weighted by Gasteiger charge is -2.32. The Morgan fingerprint density at radius 1 is 1.15 bits per heavy atom. The Labute approximate surface area is 156 Å². The van der Waals surface area contributed by atoms with Gasteiger partial charge in [-0.25, -0.2) is 4.79 Å². The molecule has 1 N–H and O–H groups in total. The van der Waals surface area contributed by atoms with Crippen LogP contribution in [0.3, 0.4) is 0 Å². The van der Waals surface area contributed by atoms with Crippen molar-refractivity contribution < 1.29 is 4.79 Å². The Morgan fingerprint density at radius 2 is 1.96 bits per heavy atom. The van der Waals surface area contributed by atoms with Gasteiger partial charge in [0.15, 0.2) is 0 Å². The van der Waals surface area contributed by atoms with Gasteiger partial charge in [0, 0.05) is 30.4 Å². The van der Waals surface area contributed by atoms with Crippen LogP contribution >= 0.6 is 11.3 Å². The second kappa shape index (κ2) is 7.50. The molecule has 1 aliphatic heterocycles. The number of carbonyl (C=O) groups is 1. The highest BCUT2D eigenvalue weighted by Gasteiger charge is 2.25. The number of carbonyl (C=O) groups excluding carboxylic acids is 1. The van der Waals surface area contributed by atoms with Crippen LogP contribution in [-0.4, -0.2) is 33.4 Å². The number of likely N-dealkylation sites (tertiary alicyclic amines) is 1. The average molecular weight is 369 g/mol. The summed E-state index contributed by atoms with van der Waals surface area (Å²) in [5.41, 5.74) is 1.79. The number of fused-ring (bicyclic) bond motifs is 1. The first-order valence-electron chi connectivity index (χ1n) is 9.22. The molecule has 136 valence electrons. The molecule has 2 aromatic heterocycles. The third-order valence-corrected chi connectivity index (χ3v) is 6.14. The van der Waals surface area contributed by atoms with Crippen LogP contribution in [0.1, 0.15) is 36.6 Å². The Hall–Kier alpha value is -2.34. The van der Waals surface area contributed by atoms with E-state index in [0.717, 1.165) is 49.8 Å². The predicted molar refractivity (Wildman–Crippen MR) is 105 cm³/mol. The lowest BCUT2D eigenvalue weighted by molar-refractivity contribution is -0.132. The van der Waals surface area contributed by atoms with Crippen molar-refractivity contribution in [2.24, 2.45) is 0 Å². The highest BCUT2D eigenvalue weighted by Crippen LogP contribution is 2.25. The second-order valence-electron chi connectivity index (χ2n) is 6.86. The third kappa shape index (κ3) is 3.46. The van der Waals surface area contributed by atoms with Gasteiger partial charge in [0.25, 0.3) is 0 Å². The number of benzene rings is 1. The van der Waals surface area contributed by atoms with Crippen molar-refractivity contribution >= 4 is 28.3 Å². The van der Waals surface area contributed by atoms with E-state index in [1.165, 1.54) is 4.88 Å². The largest absolute Gasteiger partial charge is 0.343 e. The summed E-state index contributed by atoms with van der Waals surface area (Å²) in [5.74, 6) is 0.242. The van der Waals surface area contributed by atoms with E-state index in [0.29, 0.717) is 6.42 Å². The normalized spacial score (nSPS) is 15.6. The molecule has 6 heteroatoms. The minimum absolute atomic E-state index is 0.0491. The van der Waals surface area contributed by atoms with E-state index in [2.05, 4.69) is 22.5 Å². The highest BCUT2D eigenvalue weighted by molar-refractivity contribution is 7.09. The molecule has 3 aromatic rings. The molecule has 1 aliphatic rings. The van der Waals surface area contributed by atoms with E-state index in [-0.39, 0.29) is 17.6 Å². The van der Waals surface area contributed by atoms with Crippen molar-refractivity contribution in [3.8, 4) is 0 Å². The Balaban J connectivity index is 1.34. The van der Waals surface area contributed by atoms with Crippen LogP contribution in [0.4, 0.5) is 0 Å². The minimum atomic E-state index is -0.0491. The number of nitrogens with one attached hydrogen (secondary N) is 1. The highest BCUT2D eigenvalue weighted by atomic mass is 32.1. The molecule has 0 atom stereocenters. The summed E-state index contributed by atoms with van der Waals surface area (Å²) in [7, 11) is 0. The van der Waals surface area contributed by atoms with Gasteiger partial charge in [0.1, 0.15) is 0 Å². The topological polar surface area (TPSA) is 58.1 Å². The molecule has 1 amide bonds. The van der Waals surface area contributed by atoms with Crippen LogP contribution in [0, 0.1) is 0 Å². The molecule has 5 nitrogen and oxygen atoms in total. The summed E-state index contributed by atoms with van der Waals surface area (Å²) in [6.45, 7) is 1.46. The van der Waals surface area contributed by atoms with E-state index >= 15 is 0 Å². The van der Waals surface area contributed by atoms with Gasteiger partial charge in [-0.15, -0.1) is 11.3 Å². The number of thiophene rings is 1. The van der Waals surface area contributed by atoms with Gasteiger partial charge in [0.2, 0.25) is 5.91 Å². The molecule has 26 heavy (non-hydrogen) atoms. The number of H-pyrrole nitrogens is 1. The van der Waals surface area contributed by atoms with E-state index in [4.69, 9.17) is 0 Å². The maximum Gasteiger partial charge on any atom is 0.326 e. The van der Waals surface area contributed by atoms with Crippen LogP contribution in [0.15, 0.2) is 46.6 Å². The number of hydrogen-bond donors (Lipinski definition) is 1. The molecule has 0 aliphatic carbocycles. The van der Waals surface area contributed by atoms with Gasteiger partial charge in [-0.3, -0.25) is 9.36 Å². The van der Waals surface area contributed by atoms with Crippen LogP contribution in [0.25, 0.3) is 11.0 Å². The maximum absolute atomic E-state index is 12.5. The number of para-hydroxylation sites is 2. The number of aromatic amines is 1. The fraction of sp³-hybridized carbons (Fsp3) is 0.400. The van der Waals surface area contributed by atoms with Gasteiger partial charge < -0.3 is 9.88 Å². The van der Waals surface area contributed by atoms with Crippen molar-refractivity contribution in [1.82, 2.24) is 14.5 Å². The van der Waals surface area contributed by atoms with Crippen molar-refractivity contribution in [3.05, 3.63) is 57.1 Å². The predicted octanol–water partition coefficient (Wildman–Crippen LogP) is 3.58. The number of rotatable bonds is 5. The molecular formula is C20H23N3O2S. The zero-order valence-electron chi connectivity index (χ0n) is 14.7. The van der Waals surface area contributed by atoms with E-state index < -0.39 is 0 Å². The Morgan fingerprint density at radius 3 is 2.73 bits per heavy atom. The first-order valence-corrected chi connectivity index (χ1v) is 10.1. The fourth-order valence-electron chi connectivity index (χ4n) is 3.84. The SMILES string of the molecule is O=C(CCCc1cccs1)N1CCC(n2c(=O)[nH]c3ccccc32)CC1. The second-order valence-corrected chi connectivity index (χ2v) is 7.89. The molecular weight excluding hydrogens is 346 g/mol. The molecule has 3 heterocycles. The molecule has 0 unspecified atom stereocenters. The maximum atomic E-state index is 12.5. The number of imidazole rings is 1. The van der Waals surface area contributed by atoms with E-state index in [1.54, 1.807) is 11.3 Å². The number of piperidine rings is 1. The monoisotopic (exact) mass is 369 g/mol. The van der Waals surface area contributed by atoms with E-state index in [9.17, 15) is 9.59 Å². The number of amides is 1. The van der Waals surface area contributed by atoms with Gasteiger partial charge >= 0.3 is 5.69 Å². The smallest absolute Gasteiger partial charge is 0.326 e. The number of aryl methyl sites for hydroxylation is 1. The minimum Gasteiger partial charge on any atom is -0.343 e. The average Bonchev–Trinajstić information content (AvgIpc) is 3.28. The number of hydrogen-bond acceptors (Lipinski definition) is 3. The third-order valence-electron chi connectivity index (χ3n) is 5.20. The van der Waals surface area contributed by atoms with Gasteiger partial charge in [-0.1, -0.05) is 18.2 Å². The molecule has 0 saturated carbocycles. The lowest BCUT2D eigenvalue weighted by atomic mass is 10.0. The summed E-state index contributed by atoms with van der Waals surface area (Å²) in [6, 6.07) is 12.1. The molecule has 0 bridgehead atoms. The quantitative estimate of drug-likeness (QED) is 0.747. The van der Waals surface area contributed by atoms with Crippen molar-refractivity contribution in [2.75, 3.05) is 13.1 Å². The first-order chi connectivity index (χ1) is 12.7. The molecule has 4 rings (SSSR count). The summed E-state index contributed by atoms with van der Waals surface area (Å²) in [4.78, 5) is 31.0.